The van der Waals surface area contributed by atoms with Crippen LogP contribution in [0, 0.1) is 0 Å². The minimum Gasteiger partial charge on any atom is -0.468 e. The van der Waals surface area contributed by atoms with E-state index in [1.807, 2.05) is 24.3 Å². The topological polar surface area (TPSA) is 38.3 Å². The second kappa shape index (κ2) is 6.19. The van der Waals surface area contributed by atoms with Crippen LogP contribution in [0.2, 0.25) is 5.02 Å². The van der Waals surface area contributed by atoms with Crippen LogP contribution in [0.4, 0.5) is 0 Å². The molecule has 114 valence electrons. The lowest BCUT2D eigenvalue weighted by atomic mass is 9.97. The predicted octanol–water partition coefficient (Wildman–Crippen LogP) is 3.65. The molecule has 0 saturated heterocycles. The van der Waals surface area contributed by atoms with Gasteiger partial charge in [-0.1, -0.05) is 23.7 Å². The molecule has 0 aliphatic heterocycles. The number of hydrogen-bond acceptors (Lipinski definition) is 4. The quantitative estimate of drug-likeness (QED) is 0.839. The first-order valence-corrected chi connectivity index (χ1v) is 8.66. The number of nitrogens with one attached hydrogen (secondary N) is 1. The van der Waals surface area contributed by atoms with E-state index >= 15 is 0 Å². The molecule has 21 heavy (non-hydrogen) atoms. The van der Waals surface area contributed by atoms with Crippen molar-refractivity contribution in [3.63, 3.8) is 0 Å². The van der Waals surface area contributed by atoms with E-state index in [0.29, 0.717) is 11.3 Å². The van der Waals surface area contributed by atoms with E-state index in [4.69, 9.17) is 16.3 Å². The van der Waals surface area contributed by atoms with Crippen molar-refractivity contribution in [3.05, 3.63) is 29.3 Å². The van der Waals surface area contributed by atoms with Gasteiger partial charge in [0.15, 0.2) is 0 Å². The average Bonchev–Trinajstić information content (AvgIpc) is 3.20. The molecule has 0 radical (unpaired) electrons. The number of benzene rings is 1. The number of rotatable bonds is 5. The van der Waals surface area contributed by atoms with Gasteiger partial charge in [-0.05, 0) is 44.2 Å². The first-order chi connectivity index (χ1) is 10.1. The Morgan fingerprint density at radius 3 is 2.81 bits per heavy atom. The highest BCUT2D eigenvalue weighted by Crippen LogP contribution is 2.43. The molecule has 0 amide bonds. The summed E-state index contributed by atoms with van der Waals surface area (Å²) in [7, 11) is 1.48. The van der Waals surface area contributed by atoms with Crippen molar-refractivity contribution in [3.8, 4) is 0 Å². The average molecular weight is 326 g/mol. The maximum absolute atomic E-state index is 12.2. The second-order valence-electron chi connectivity index (χ2n) is 5.91. The number of ether oxygens (including phenoxy) is 1. The third kappa shape index (κ3) is 3.38. The minimum atomic E-state index is -0.491. The molecule has 1 N–H and O–H groups in total. The van der Waals surface area contributed by atoms with Crippen LogP contribution in [-0.2, 0) is 9.53 Å². The van der Waals surface area contributed by atoms with E-state index in [2.05, 4.69) is 5.32 Å². The van der Waals surface area contributed by atoms with Gasteiger partial charge in [0.1, 0.15) is 5.54 Å². The SMILES string of the molecule is COC(=O)C1(NC2CC2)CCC(Sc2ccccc2Cl)C1. The summed E-state index contributed by atoms with van der Waals surface area (Å²) in [5.74, 6) is -0.114. The van der Waals surface area contributed by atoms with E-state index in [1.54, 1.807) is 11.8 Å². The number of esters is 1. The minimum absolute atomic E-state index is 0.114. The van der Waals surface area contributed by atoms with Gasteiger partial charge < -0.3 is 4.74 Å². The zero-order valence-electron chi connectivity index (χ0n) is 12.1. The number of hydrogen-bond donors (Lipinski definition) is 1. The summed E-state index contributed by atoms with van der Waals surface area (Å²) >= 11 is 8.01. The Morgan fingerprint density at radius 2 is 2.14 bits per heavy atom. The molecule has 2 aliphatic rings. The van der Waals surface area contributed by atoms with Crippen molar-refractivity contribution < 1.29 is 9.53 Å². The zero-order valence-corrected chi connectivity index (χ0v) is 13.7. The van der Waals surface area contributed by atoms with E-state index < -0.39 is 5.54 Å². The maximum Gasteiger partial charge on any atom is 0.326 e. The van der Waals surface area contributed by atoms with Crippen LogP contribution in [0.3, 0.4) is 0 Å². The van der Waals surface area contributed by atoms with Crippen molar-refractivity contribution in [1.82, 2.24) is 5.32 Å². The van der Waals surface area contributed by atoms with Gasteiger partial charge in [0.25, 0.3) is 0 Å². The summed E-state index contributed by atoms with van der Waals surface area (Å²) < 4.78 is 5.05. The van der Waals surface area contributed by atoms with Gasteiger partial charge in [0.2, 0.25) is 0 Å². The summed E-state index contributed by atoms with van der Waals surface area (Å²) in [6, 6.07) is 8.38. The molecule has 2 saturated carbocycles. The fraction of sp³-hybridized carbons (Fsp3) is 0.562. The molecule has 0 spiro atoms. The molecule has 1 aromatic carbocycles. The van der Waals surface area contributed by atoms with E-state index in [0.717, 1.165) is 29.2 Å². The number of halogens is 1. The highest BCUT2D eigenvalue weighted by molar-refractivity contribution is 8.00. The Morgan fingerprint density at radius 1 is 1.38 bits per heavy atom. The van der Waals surface area contributed by atoms with Crippen molar-refractivity contribution in [2.24, 2.45) is 0 Å². The van der Waals surface area contributed by atoms with Gasteiger partial charge >= 0.3 is 5.97 Å². The molecule has 5 heteroatoms. The van der Waals surface area contributed by atoms with Gasteiger partial charge in [0.05, 0.1) is 12.1 Å². The van der Waals surface area contributed by atoms with Crippen molar-refractivity contribution in [1.29, 1.82) is 0 Å². The molecular formula is C16H20ClNO2S. The third-order valence-electron chi connectivity index (χ3n) is 4.23. The Hall–Kier alpha value is -0.710. The van der Waals surface area contributed by atoms with Crippen LogP contribution in [0.15, 0.2) is 29.2 Å². The molecule has 2 atom stereocenters. The third-order valence-corrected chi connectivity index (χ3v) is 6.02. The smallest absolute Gasteiger partial charge is 0.326 e. The lowest BCUT2D eigenvalue weighted by molar-refractivity contribution is -0.148. The van der Waals surface area contributed by atoms with Crippen LogP contribution in [-0.4, -0.2) is 29.9 Å². The fourth-order valence-corrected chi connectivity index (χ4v) is 4.58. The maximum atomic E-state index is 12.2. The van der Waals surface area contributed by atoms with Crippen molar-refractivity contribution in [2.75, 3.05) is 7.11 Å². The molecule has 2 unspecified atom stereocenters. The largest absolute Gasteiger partial charge is 0.468 e. The summed E-state index contributed by atoms with van der Waals surface area (Å²) in [6.07, 6.45) is 5.00. The highest BCUT2D eigenvalue weighted by Gasteiger charge is 2.49. The molecule has 3 rings (SSSR count). The molecule has 0 aromatic heterocycles. The lowest BCUT2D eigenvalue weighted by Gasteiger charge is -2.28. The highest BCUT2D eigenvalue weighted by atomic mass is 35.5. The first kappa shape index (κ1) is 15.2. The predicted molar refractivity (Wildman–Crippen MR) is 85.9 cm³/mol. The lowest BCUT2D eigenvalue weighted by Crippen LogP contribution is -2.52. The number of thioether (sulfide) groups is 1. The van der Waals surface area contributed by atoms with Gasteiger partial charge in [-0.25, -0.2) is 0 Å². The fourth-order valence-electron chi connectivity index (χ4n) is 3.01. The summed E-state index contributed by atoms with van der Waals surface area (Å²) in [6.45, 7) is 0. The Kier molecular flexibility index (Phi) is 4.48. The Balaban J connectivity index is 1.70. The Bertz CT molecular complexity index is 535. The molecule has 0 heterocycles. The van der Waals surface area contributed by atoms with Crippen LogP contribution >= 0.6 is 23.4 Å². The number of methoxy groups -OCH3 is 1. The number of carbonyl (C=O) groups excluding carboxylic acids is 1. The van der Waals surface area contributed by atoms with Gasteiger partial charge in [-0.2, -0.15) is 0 Å². The molecule has 2 fully saturated rings. The molecule has 2 aliphatic carbocycles. The van der Waals surface area contributed by atoms with Crippen LogP contribution in [0.5, 0.6) is 0 Å². The van der Waals surface area contributed by atoms with Gasteiger partial charge in [0, 0.05) is 16.2 Å². The molecular weight excluding hydrogens is 306 g/mol. The van der Waals surface area contributed by atoms with Gasteiger partial charge in [-0.3, -0.25) is 10.1 Å². The summed E-state index contributed by atoms with van der Waals surface area (Å²) in [5, 5.41) is 4.71. The molecule has 0 bridgehead atoms. The van der Waals surface area contributed by atoms with Crippen molar-refractivity contribution in [2.45, 2.75) is 53.8 Å². The molecule has 3 nitrogen and oxygen atoms in total. The molecule has 1 aromatic rings. The second-order valence-corrected chi connectivity index (χ2v) is 7.65. The van der Waals surface area contributed by atoms with E-state index in [9.17, 15) is 4.79 Å². The van der Waals surface area contributed by atoms with E-state index in [-0.39, 0.29) is 5.97 Å². The first-order valence-electron chi connectivity index (χ1n) is 7.40. The van der Waals surface area contributed by atoms with E-state index in [1.165, 1.54) is 20.0 Å². The summed E-state index contributed by atoms with van der Waals surface area (Å²) in [5.41, 5.74) is -0.491. The monoisotopic (exact) mass is 325 g/mol. The van der Waals surface area contributed by atoms with Crippen LogP contribution < -0.4 is 5.32 Å². The van der Waals surface area contributed by atoms with Crippen LogP contribution in [0.25, 0.3) is 0 Å². The van der Waals surface area contributed by atoms with Crippen molar-refractivity contribution >= 4 is 29.3 Å². The van der Waals surface area contributed by atoms with Gasteiger partial charge in [-0.15, -0.1) is 11.8 Å². The number of carbonyl (C=O) groups is 1. The normalized spacial score (nSPS) is 28.6. The Labute approximate surface area is 134 Å². The summed E-state index contributed by atoms with van der Waals surface area (Å²) in [4.78, 5) is 13.3. The zero-order chi connectivity index (χ0) is 14.9. The standard InChI is InChI=1S/C16H20ClNO2S/c1-20-15(19)16(18-11-6-7-11)9-8-12(10-16)21-14-5-3-2-4-13(14)17/h2-5,11-12,18H,6-10H2,1H3. The van der Waals surface area contributed by atoms with Crippen LogP contribution in [0.1, 0.15) is 32.1 Å².